The van der Waals surface area contributed by atoms with Gasteiger partial charge in [0.1, 0.15) is 5.75 Å². The number of nitrogens with one attached hydrogen (secondary N) is 1. The number of hydrogen-bond acceptors (Lipinski definition) is 4. The zero-order valence-electron chi connectivity index (χ0n) is 15.0. The molecule has 0 bridgehead atoms. The van der Waals surface area contributed by atoms with Crippen molar-refractivity contribution in [3.63, 3.8) is 0 Å². The zero-order chi connectivity index (χ0) is 18.4. The summed E-state index contributed by atoms with van der Waals surface area (Å²) in [6.45, 7) is 5.71. The summed E-state index contributed by atoms with van der Waals surface area (Å²) in [5, 5.41) is 2.69. The fourth-order valence-corrected chi connectivity index (χ4v) is 2.32. The van der Waals surface area contributed by atoms with Crippen LogP contribution in [0.1, 0.15) is 41.3 Å². The van der Waals surface area contributed by atoms with E-state index in [1.54, 1.807) is 24.3 Å². The van der Waals surface area contributed by atoms with Crippen LogP contribution in [0.3, 0.4) is 0 Å². The van der Waals surface area contributed by atoms with E-state index in [1.807, 2.05) is 25.1 Å². The van der Waals surface area contributed by atoms with E-state index in [9.17, 15) is 9.59 Å². The number of esters is 1. The lowest BCUT2D eigenvalue weighted by atomic mass is 10.0. The standard InChI is InChI=1S/C20H23NO4/c1-13(2)15-6-8-16(9-7-15)20(23)25-12-19(22)21-17-11-14(3)5-10-18(17)24-4/h5-11,13H,12H2,1-4H3,(H,21,22). The molecule has 0 unspecified atom stereocenters. The van der Waals surface area contributed by atoms with Crippen LogP contribution in [0.25, 0.3) is 0 Å². The summed E-state index contributed by atoms with van der Waals surface area (Å²) >= 11 is 0. The van der Waals surface area contributed by atoms with Gasteiger partial charge in [0.2, 0.25) is 0 Å². The average molecular weight is 341 g/mol. The van der Waals surface area contributed by atoms with E-state index < -0.39 is 11.9 Å². The maximum atomic E-state index is 12.0. The predicted octanol–water partition coefficient (Wildman–Crippen LogP) is 3.92. The molecule has 0 aliphatic heterocycles. The summed E-state index contributed by atoms with van der Waals surface area (Å²) in [5.41, 5.74) is 3.09. The molecule has 0 aromatic heterocycles. The average Bonchev–Trinajstić information content (AvgIpc) is 2.60. The van der Waals surface area contributed by atoms with Gasteiger partial charge in [0.05, 0.1) is 18.4 Å². The maximum Gasteiger partial charge on any atom is 0.338 e. The topological polar surface area (TPSA) is 64.6 Å². The van der Waals surface area contributed by atoms with Gasteiger partial charge in [-0.3, -0.25) is 4.79 Å². The molecule has 132 valence electrons. The van der Waals surface area contributed by atoms with Crippen molar-refractivity contribution in [3.8, 4) is 5.75 Å². The Kier molecular flexibility index (Phi) is 6.17. The van der Waals surface area contributed by atoms with Crippen LogP contribution < -0.4 is 10.1 Å². The number of hydrogen-bond donors (Lipinski definition) is 1. The van der Waals surface area contributed by atoms with Crippen LogP contribution in [0.5, 0.6) is 5.75 Å². The Morgan fingerprint density at radius 2 is 1.76 bits per heavy atom. The van der Waals surface area contributed by atoms with Crippen molar-refractivity contribution in [1.82, 2.24) is 0 Å². The van der Waals surface area contributed by atoms with Gasteiger partial charge in [-0.1, -0.05) is 32.0 Å². The molecule has 5 nitrogen and oxygen atoms in total. The minimum Gasteiger partial charge on any atom is -0.495 e. The number of carbonyl (C=O) groups is 2. The molecule has 0 saturated heterocycles. The third kappa shape index (κ3) is 5.08. The van der Waals surface area contributed by atoms with Crippen molar-refractivity contribution >= 4 is 17.6 Å². The second kappa shape index (κ2) is 8.33. The number of amides is 1. The van der Waals surface area contributed by atoms with Crippen LogP contribution in [0.15, 0.2) is 42.5 Å². The Bertz CT molecular complexity index is 751. The number of benzene rings is 2. The van der Waals surface area contributed by atoms with Crippen LogP contribution in [0, 0.1) is 6.92 Å². The van der Waals surface area contributed by atoms with Gasteiger partial charge in [-0.05, 0) is 48.2 Å². The predicted molar refractivity (Wildman–Crippen MR) is 97.2 cm³/mol. The van der Waals surface area contributed by atoms with Crippen LogP contribution in [-0.2, 0) is 9.53 Å². The number of ether oxygens (including phenoxy) is 2. The molecular weight excluding hydrogens is 318 g/mol. The summed E-state index contributed by atoms with van der Waals surface area (Å²) < 4.78 is 10.3. The Balaban J connectivity index is 1.93. The van der Waals surface area contributed by atoms with Gasteiger partial charge in [-0.25, -0.2) is 4.79 Å². The zero-order valence-corrected chi connectivity index (χ0v) is 15.0. The number of methoxy groups -OCH3 is 1. The molecule has 2 aromatic rings. The van der Waals surface area contributed by atoms with Crippen molar-refractivity contribution in [1.29, 1.82) is 0 Å². The van der Waals surface area contributed by atoms with Crippen molar-refractivity contribution in [2.45, 2.75) is 26.7 Å². The van der Waals surface area contributed by atoms with Crippen molar-refractivity contribution < 1.29 is 19.1 Å². The van der Waals surface area contributed by atoms with E-state index >= 15 is 0 Å². The summed E-state index contributed by atoms with van der Waals surface area (Å²) in [6, 6.07) is 12.6. The maximum absolute atomic E-state index is 12.0. The van der Waals surface area contributed by atoms with E-state index in [1.165, 1.54) is 7.11 Å². The summed E-state index contributed by atoms with van der Waals surface area (Å²) in [5.74, 6) is -0.00702. The van der Waals surface area contributed by atoms with E-state index in [0.29, 0.717) is 22.9 Å². The normalized spacial score (nSPS) is 10.4. The fraction of sp³-hybridized carbons (Fsp3) is 0.300. The van der Waals surface area contributed by atoms with E-state index in [0.717, 1.165) is 11.1 Å². The lowest BCUT2D eigenvalue weighted by molar-refractivity contribution is -0.119. The van der Waals surface area contributed by atoms with E-state index in [4.69, 9.17) is 9.47 Å². The molecule has 0 aliphatic rings. The van der Waals surface area contributed by atoms with Gasteiger partial charge in [0.25, 0.3) is 5.91 Å². The molecule has 25 heavy (non-hydrogen) atoms. The molecular formula is C20H23NO4. The molecule has 0 saturated carbocycles. The first-order valence-electron chi connectivity index (χ1n) is 8.12. The first-order chi connectivity index (χ1) is 11.9. The van der Waals surface area contributed by atoms with Gasteiger partial charge in [0.15, 0.2) is 6.61 Å². The largest absolute Gasteiger partial charge is 0.495 e. The van der Waals surface area contributed by atoms with Gasteiger partial charge in [-0.15, -0.1) is 0 Å². The van der Waals surface area contributed by atoms with E-state index in [-0.39, 0.29) is 6.61 Å². The van der Waals surface area contributed by atoms with Crippen molar-refractivity contribution in [2.24, 2.45) is 0 Å². The molecule has 0 atom stereocenters. The lowest BCUT2D eigenvalue weighted by Crippen LogP contribution is -2.21. The number of rotatable bonds is 6. The highest BCUT2D eigenvalue weighted by Crippen LogP contribution is 2.25. The molecule has 0 aliphatic carbocycles. The highest BCUT2D eigenvalue weighted by Gasteiger charge is 2.12. The molecule has 0 fully saturated rings. The quantitative estimate of drug-likeness (QED) is 0.809. The van der Waals surface area contributed by atoms with E-state index in [2.05, 4.69) is 19.2 Å². The minimum absolute atomic E-state index is 0.359. The van der Waals surface area contributed by atoms with Gasteiger partial charge < -0.3 is 14.8 Å². The molecule has 5 heteroatoms. The van der Waals surface area contributed by atoms with Crippen molar-refractivity contribution in [3.05, 3.63) is 59.2 Å². The third-order valence-corrected chi connectivity index (χ3v) is 3.78. The number of aryl methyl sites for hydroxylation is 1. The Labute approximate surface area is 148 Å². The van der Waals surface area contributed by atoms with Crippen LogP contribution in [0.4, 0.5) is 5.69 Å². The highest BCUT2D eigenvalue weighted by molar-refractivity contribution is 5.96. The van der Waals surface area contributed by atoms with Gasteiger partial charge >= 0.3 is 5.97 Å². The van der Waals surface area contributed by atoms with Crippen LogP contribution >= 0.6 is 0 Å². The number of anilines is 1. The molecule has 2 aromatic carbocycles. The second-order valence-corrected chi connectivity index (χ2v) is 6.10. The van der Waals surface area contributed by atoms with Gasteiger partial charge in [0, 0.05) is 0 Å². The molecule has 0 radical (unpaired) electrons. The highest BCUT2D eigenvalue weighted by atomic mass is 16.5. The van der Waals surface area contributed by atoms with Crippen molar-refractivity contribution in [2.75, 3.05) is 19.0 Å². The van der Waals surface area contributed by atoms with Gasteiger partial charge in [-0.2, -0.15) is 0 Å². The molecule has 1 N–H and O–H groups in total. The Morgan fingerprint density at radius 3 is 2.36 bits per heavy atom. The smallest absolute Gasteiger partial charge is 0.338 e. The first-order valence-corrected chi connectivity index (χ1v) is 8.12. The molecule has 0 heterocycles. The molecule has 2 rings (SSSR count). The summed E-state index contributed by atoms with van der Waals surface area (Å²) in [4.78, 5) is 24.1. The van der Waals surface area contributed by atoms with Crippen LogP contribution in [-0.4, -0.2) is 25.6 Å². The molecule has 0 spiro atoms. The van der Waals surface area contributed by atoms with Crippen LogP contribution in [0.2, 0.25) is 0 Å². The number of carbonyl (C=O) groups excluding carboxylic acids is 2. The summed E-state index contributed by atoms with van der Waals surface area (Å²) in [6.07, 6.45) is 0. The fourth-order valence-electron chi connectivity index (χ4n) is 2.32. The minimum atomic E-state index is -0.526. The SMILES string of the molecule is COc1ccc(C)cc1NC(=O)COC(=O)c1ccc(C(C)C)cc1. The Morgan fingerprint density at radius 1 is 1.08 bits per heavy atom. The third-order valence-electron chi connectivity index (χ3n) is 3.78. The first kappa shape index (κ1) is 18.5. The molecule has 1 amide bonds. The second-order valence-electron chi connectivity index (χ2n) is 6.10. The summed E-state index contributed by atoms with van der Waals surface area (Å²) in [7, 11) is 1.53. The lowest BCUT2D eigenvalue weighted by Gasteiger charge is -2.11. The Hall–Kier alpha value is -2.82. The monoisotopic (exact) mass is 341 g/mol.